The van der Waals surface area contributed by atoms with Gasteiger partial charge >= 0.3 is 11.9 Å². The van der Waals surface area contributed by atoms with Crippen molar-refractivity contribution in [1.82, 2.24) is 0 Å². The molecular weight excluding hydrogens is 1440 g/mol. The molecule has 5 saturated carbocycles. The van der Waals surface area contributed by atoms with E-state index in [1.165, 1.54) is 223 Å². The third kappa shape index (κ3) is 40.1. The number of ketones is 1. The van der Waals surface area contributed by atoms with Crippen LogP contribution in [0.15, 0.2) is 115 Å². The van der Waals surface area contributed by atoms with Crippen LogP contribution >= 0.6 is 0 Å². The van der Waals surface area contributed by atoms with Crippen LogP contribution in [0.1, 0.15) is 380 Å². The van der Waals surface area contributed by atoms with Gasteiger partial charge in [0.15, 0.2) is 0 Å². The van der Waals surface area contributed by atoms with Crippen LogP contribution in [0.2, 0.25) is 0 Å². The SMILES string of the molecule is C.C=C(CCC1(C=O)CC=C(C)CC1C)OC.C=CC(=O)OC.CC1=CCC(C=NC2CCCCC2)C(C)C1.CC1=CCC(C=NC2CCCCC2)C(C)C1.CC1=CCC(C=O)C(C)C1.CCC(=O)CCC1(C=NC2CCCCC2)CC=C(C)CC1C.COC(=O)CCC1(C=NC2CCCCC2)CC=C(C)CC1C.NC1CCCCC1. The summed E-state index contributed by atoms with van der Waals surface area (Å²) in [6.07, 6.45) is 78.2. The van der Waals surface area contributed by atoms with Crippen LogP contribution in [0.3, 0.4) is 0 Å². The van der Waals surface area contributed by atoms with E-state index in [2.05, 4.69) is 162 Å². The summed E-state index contributed by atoms with van der Waals surface area (Å²) >= 11 is 0. The second-order valence-electron chi connectivity index (χ2n) is 37.6. The number of ether oxygens (including phenoxy) is 3. The van der Waals surface area contributed by atoms with Crippen molar-refractivity contribution in [1.29, 1.82) is 0 Å². The molecular formula is C103H173N5O8. The first-order valence-electron chi connectivity index (χ1n) is 46.4. The lowest BCUT2D eigenvalue weighted by molar-refractivity contribution is -0.141. The van der Waals surface area contributed by atoms with E-state index in [1.54, 1.807) is 18.3 Å². The van der Waals surface area contributed by atoms with Gasteiger partial charge in [-0.15, -0.1) is 0 Å². The van der Waals surface area contributed by atoms with E-state index in [1.807, 2.05) is 6.92 Å². The molecule has 11 aliphatic rings. The number of nitrogens with two attached hydrogens (primary N) is 1. The van der Waals surface area contributed by atoms with Crippen molar-refractivity contribution in [3.05, 3.63) is 94.9 Å². The van der Waals surface area contributed by atoms with Crippen molar-refractivity contribution in [3.63, 3.8) is 0 Å². The van der Waals surface area contributed by atoms with E-state index in [0.29, 0.717) is 90.8 Å². The maximum absolute atomic E-state index is 11.8. The van der Waals surface area contributed by atoms with Gasteiger partial charge in [0, 0.05) is 121 Å². The second-order valence-corrected chi connectivity index (χ2v) is 37.6. The number of esters is 2. The lowest BCUT2D eigenvalue weighted by Crippen LogP contribution is -2.34. The van der Waals surface area contributed by atoms with Gasteiger partial charge in [0.2, 0.25) is 0 Å². The van der Waals surface area contributed by atoms with E-state index in [-0.39, 0.29) is 35.6 Å². The lowest BCUT2D eigenvalue weighted by Gasteiger charge is -2.39. The van der Waals surface area contributed by atoms with Crippen LogP contribution in [-0.2, 0) is 38.2 Å². The summed E-state index contributed by atoms with van der Waals surface area (Å²) < 4.78 is 14.0. The molecule has 2 N–H and O–H groups in total. The van der Waals surface area contributed by atoms with Gasteiger partial charge in [0.1, 0.15) is 18.4 Å². The summed E-state index contributed by atoms with van der Waals surface area (Å²) in [6.45, 7) is 35.9. The highest BCUT2D eigenvalue weighted by atomic mass is 16.5. The highest BCUT2D eigenvalue weighted by Gasteiger charge is 2.40. The van der Waals surface area contributed by atoms with Crippen LogP contribution in [-0.4, -0.2) is 107 Å². The molecule has 0 radical (unpaired) electrons. The quantitative estimate of drug-likeness (QED) is 0.0275. The van der Waals surface area contributed by atoms with Gasteiger partial charge in [-0.3, -0.25) is 29.6 Å². The number of carbonyl (C=O) groups excluding carboxylic acids is 5. The maximum atomic E-state index is 11.8. The van der Waals surface area contributed by atoms with Crippen molar-refractivity contribution in [2.45, 2.75) is 410 Å². The predicted molar refractivity (Wildman–Crippen MR) is 495 cm³/mol. The van der Waals surface area contributed by atoms with Crippen LogP contribution in [0, 0.1) is 69.5 Å². The summed E-state index contributed by atoms with van der Waals surface area (Å²) in [7, 11) is 4.41. The van der Waals surface area contributed by atoms with Crippen LogP contribution < -0.4 is 5.73 Å². The number of Topliss-reactive ketones (excluding diaryl/α,β-unsaturated/α-hetero) is 1. The third-order valence-electron chi connectivity index (χ3n) is 27.9. The third-order valence-corrected chi connectivity index (χ3v) is 27.9. The second kappa shape index (κ2) is 58.3. The zero-order valence-corrected chi connectivity index (χ0v) is 76.2. The van der Waals surface area contributed by atoms with Gasteiger partial charge in [-0.2, -0.15) is 0 Å². The Morgan fingerprint density at radius 1 is 0.440 bits per heavy atom. The Balaban J connectivity index is 0.000000352. The van der Waals surface area contributed by atoms with Gasteiger partial charge in [-0.25, -0.2) is 4.79 Å². The Kier molecular flexibility index (Phi) is 52.5. The fourth-order valence-corrected chi connectivity index (χ4v) is 18.9. The van der Waals surface area contributed by atoms with Crippen molar-refractivity contribution in [3.8, 4) is 0 Å². The Hall–Kier alpha value is -5.69. The van der Waals surface area contributed by atoms with Gasteiger partial charge in [0.05, 0.1) is 27.1 Å². The molecule has 0 amide bonds. The molecule has 13 heteroatoms. The molecule has 12 atom stereocenters. The number of rotatable bonds is 22. The number of hydrogen-bond donors (Lipinski definition) is 1. The van der Waals surface area contributed by atoms with Crippen LogP contribution in [0.4, 0.5) is 0 Å². The molecule has 0 aromatic carbocycles. The number of allylic oxidation sites excluding steroid dienone is 13. The Bertz CT molecular complexity index is 3030. The molecule has 11 aliphatic carbocycles. The van der Waals surface area contributed by atoms with Crippen LogP contribution in [0.5, 0.6) is 0 Å². The summed E-state index contributed by atoms with van der Waals surface area (Å²) in [6, 6.07) is 2.87. The molecule has 116 heavy (non-hydrogen) atoms. The molecule has 5 fully saturated rings. The van der Waals surface area contributed by atoms with E-state index in [9.17, 15) is 24.0 Å². The smallest absolute Gasteiger partial charge is 0.329 e. The van der Waals surface area contributed by atoms with Gasteiger partial charge < -0.3 is 29.5 Å². The van der Waals surface area contributed by atoms with Crippen molar-refractivity contribution < 1.29 is 38.2 Å². The minimum absolute atomic E-state index is 0. The largest absolute Gasteiger partial charge is 0.502 e. The topological polar surface area (TPSA) is 189 Å². The van der Waals surface area contributed by atoms with Gasteiger partial charge in [0.25, 0.3) is 0 Å². The Morgan fingerprint density at radius 3 is 1.05 bits per heavy atom. The predicted octanol–water partition coefficient (Wildman–Crippen LogP) is 26.9. The van der Waals surface area contributed by atoms with Gasteiger partial charge in [-0.05, 0) is 238 Å². The Labute approximate surface area is 710 Å². The molecule has 0 saturated heterocycles. The van der Waals surface area contributed by atoms with Crippen molar-refractivity contribution in [2.75, 3.05) is 21.3 Å². The summed E-state index contributed by atoms with van der Waals surface area (Å²) in [5, 5.41) is 0. The van der Waals surface area contributed by atoms with Crippen molar-refractivity contribution in [2.24, 2.45) is 95.2 Å². The average Bonchev–Trinajstić information content (AvgIpc) is 0.815. The number of methoxy groups -OCH3 is 3. The fraction of sp³-hybridized carbons (Fsp3) is 0.757. The summed E-state index contributed by atoms with van der Waals surface area (Å²) in [4.78, 5) is 74.7. The monoisotopic (exact) mass is 1610 g/mol. The first-order valence-corrected chi connectivity index (χ1v) is 46.4. The summed E-state index contributed by atoms with van der Waals surface area (Å²) in [5.41, 5.74) is 14.5. The Morgan fingerprint density at radius 2 is 0.767 bits per heavy atom. The zero-order chi connectivity index (χ0) is 84.6. The van der Waals surface area contributed by atoms with Crippen molar-refractivity contribution >= 4 is 55.2 Å². The number of nitrogens with zero attached hydrogens (tertiary/aromatic N) is 4. The van der Waals surface area contributed by atoms with E-state index in [4.69, 9.17) is 35.2 Å². The standard InChI is InChI=1S/C20H33NO.C19H31NO2.2C15H25N.C14H22O2.C9H14O.C6H13N.C4H6O2.CH4/c1-4-19(22)11-13-20(12-10-16(2)14-17(20)3)15-21-18-8-6-5-7-9-18;1-15-9-11-19(16(2)13-15,12-10-18(21)22-3)14-20-17-7-5-4-6-8-17;2*1-12-8-9-14(13(2)10-12)11-16-15-6-4-3-5-7-15;1-11-5-7-14(10-15,12(2)9-11)8-6-13(3)16-4;1-7-3-4-9(6-10)8(2)5-7;7-6-4-2-1-3-5-6;1-3-4(5)6-2;/h10,15,17-18H,4-9,11-14H2,1-3H3;9,14,16-17H,4-8,10-13H2,1-3H3;2*8,11,13-15H,3-7,9-10H2,1-2H3;5,10,12H,3,6-9H2,1-2,4H3;3,6,8-9H,4-5H2,1-2H3;6H,1-5,7H2;3H,1H2,2H3;1H4. The molecule has 11 rings (SSSR count). The molecule has 0 spiro atoms. The number of carbonyl (C=O) groups is 5. The average molecular weight is 1610 g/mol. The number of aliphatic imine (C=N–C) groups is 4. The van der Waals surface area contributed by atoms with E-state index in [0.717, 1.165) is 113 Å². The molecule has 0 heterocycles. The number of aldehydes is 2. The minimum Gasteiger partial charge on any atom is -0.502 e. The molecule has 12 unspecified atom stereocenters. The molecule has 13 nitrogen and oxygen atoms in total. The highest BCUT2D eigenvalue weighted by Crippen LogP contribution is 2.46. The van der Waals surface area contributed by atoms with E-state index < -0.39 is 5.97 Å². The maximum Gasteiger partial charge on any atom is 0.329 e. The molecule has 658 valence electrons. The first-order chi connectivity index (χ1) is 55.1. The van der Waals surface area contributed by atoms with Gasteiger partial charge in [-0.1, -0.05) is 235 Å². The number of hydrogen-bond acceptors (Lipinski definition) is 13. The minimum atomic E-state index is -0.394. The zero-order valence-electron chi connectivity index (χ0n) is 76.2. The van der Waals surface area contributed by atoms with E-state index >= 15 is 0 Å². The fourth-order valence-electron chi connectivity index (χ4n) is 18.9. The normalized spacial score (nSPS) is 29.4. The highest BCUT2D eigenvalue weighted by molar-refractivity contribution is 5.81. The summed E-state index contributed by atoms with van der Waals surface area (Å²) in [5.74, 6) is 6.02. The molecule has 0 aromatic rings. The molecule has 0 aliphatic heterocycles. The lowest BCUT2D eigenvalue weighted by atomic mass is 9.66. The molecule has 0 aromatic heterocycles. The molecule has 0 bridgehead atoms. The van der Waals surface area contributed by atoms with Crippen LogP contribution in [0.25, 0.3) is 0 Å². The first kappa shape index (κ1) is 104.